The van der Waals surface area contributed by atoms with Gasteiger partial charge in [-0.2, -0.15) is 4.31 Å². The van der Waals surface area contributed by atoms with Gasteiger partial charge in [-0.05, 0) is 36.0 Å². The van der Waals surface area contributed by atoms with Gasteiger partial charge >= 0.3 is 0 Å². The monoisotopic (exact) mass is 368 g/mol. The Bertz CT molecular complexity index is 542. The molecule has 1 aromatic rings. The average molecular weight is 369 g/mol. The number of likely N-dealkylation sites (N-methyl/N-ethyl adjacent to an activating group) is 1. The second-order valence-electron chi connectivity index (χ2n) is 4.38. The van der Waals surface area contributed by atoms with Gasteiger partial charge in [-0.1, -0.05) is 0 Å². The van der Waals surface area contributed by atoms with Crippen molar-refractivity contribution < 1.29 is 13.2 Å². The molecule has 19 heavy (non-hydrogen) atoms. The first kappa shape index (κ1) is 15.4. The Labute approximate surface area is 126 Å². The Morgan fingerprint density at radius 3 is 2.95 bits per heavy atom. The molecule has 2 heterocycles. The molecule has 0 bridgehead atoms. The number of aryl methyl sites for hydroxylation is 1. The molecule has 0 aliphatic carbocycles. The van der Waals surface area contributed by atoms with E-state index in [1.165, 1.54) is 15.6 Å². The van der Waals surface area contributed by atoms with Crippen LogP contribution in [0.25, 0.3) is 0 Å². The number of nitrogens with zero attached hydrogens (tertiary/aromatic N) is 1. The molecule has 0 amide bonds. The van der Waals surface area contributed by atoms with Crippen LogP contribution in [0.1, 0.15) is 4.88 Å². The summed E-state index contributed by atoms with van der Waals surface area (Å²) < 4.78 is 33.1. The van der Waals surface area contributed by atoms with Crippen molar-refractivity contribution in [1.29, 1.82) is 0 Å². The fourth-order valence-electron chi connectivity index (χ4n) is 2.09. The number of morpholine rings is 1. The summed E-state index contributed by atoms with van der Waals surface area (Å²) >= 11 is 4.78. The molecular weight excluding hydrogens is 352 g/mol. The molecule has 0 radical (unpaired) electrons. The van der Waals surface area contributed by atoms with Gasteiger partial charge in [0.15, 0.2) is 0 Å². The predicted octanol–water partition coefficient (Wildman–Crippen LogP) is 1.43. The Kier molecular flexibility index (Phi) is 5.02. The van der Waals surface area contributed by atoms with E-state index in [9.17, 15) is 8.42 Å². The summed E-state index contributed by atoms with van der Waals surface area (Å²) in [5.41, 5.74) is 0. The average Bonchev–Trinajstić information content (AvgIpc) is 2.70. The third-order valence-electron chi connectivity index (χ3n) is 2.99. The minimum absolute atomic E-state index is 0.0871. The SMILES string of the molecule is CNCC1CN(S(=O)(=O)c2cc(Br)sc2C)CCO1. The lowest BCUT2D eigenvalue weighted by atomic mass is 10.3. The van der Waals surface area contributed by atoms with E-state index >= 15 is 0 Å². The fourth-order valence-corrected chi connectivity index (χ4v) is 5.93. The van der Waals surface area contributed by atoms with Crippen molar-refractivity contribution in [1.82, 2.24) is 9.62 Å². The Hall–Kier alpha value is 0.01000. The third kappa shape index (κ3) is 3.37. The highest BCUT2D eigenvalue weighted by Gasteiger charge is 2.32. The Morgan fingerprint density at radius 1 is 1.63 bits per heavy atom. The number of hydrogen-bond donors (Lipinski definition) is 1. The smallest absolute Gasteiger partial charge is 0.244 e. The van der Waals surface area contributed by atoms with E-state index in [0.29, 0.717) is 31.1 Å². The molecule has 0 aromatic carbocycles. The maximum atomic E-state index is 12.6. The molecule has 1 unspecified atom stereocenters. The number of halogens is 1. The Balaban J connectivity index is 2.22. The van der Waals surface area contributed by atoms with E-state index in [-0.39, 0.29) is 6.10 Å². The summed E-state index contributed by atoms with van der Waals surface area (Å²) in [6.07, 6.45) is -0.0871. The van der Waals surface area contributed by atoms with E-state index in [1.54, 1.807) is 6.07 Å². The minimum Gasteiger partial charge on any atom is -0.374 e. The zero-order chi connectivity index (χ0) is 14.0. The maximum Gasteiger partial charge on any atom is 0.244 e. The first-order valence-corrected chi connectivity index (χ1v) is 9.02. The molecule has 1 atom stereocenters. The van der Waals surface area contributed by atoms with Gasteiger partial charge in [0.1, 0.15) is 0 Å². The van der Waals surface area contributed by atoms with Crippen LogP contribution in [0.3, 0.4) is 0 Å². The van der Waals surface area contributed by atoms with Crippen LogP contribution in [0.5, 0.6) is 0 Å². The van der Waals surface area contributed by atoms with Crippen LogP contribution in [-0.4, -0.2) is 52.1 Å². The summed E-state index contributed by atoms with van der Waals surface area (Å²) in [7, 11) is -1.59. The Morgan fingerprint density at radius 2 is 2.37 bits per heavy atom. The van der Waals surface area contributed by atoms with Crippen molar-refractivity contribution in [2.24, 2.45) is 0 Å². The van der Waals surface area contributed by atoms with Crippen molar-refractivity contribution in [3.63, 3.8) is 0 Å². The van der Waals surface area contributed by atoms with Crippen molar-refractivity contribution in [2.45, 2.75) is 17.9 Å². The molecule has 1 fully saturated rings. The molecule has 8 heteroatoms. The summed E-state index contributed by atoms with van der Waals surface area (Å²) in [5.74, 6) is 0. The highest BCUT2D eigenvalue weighted by Crippen LogP contribution is 2.32. The molecule has 1 aliphatic heterocycles. The molecule has 5 nitrogen and oxygen atoms in total. The highest BCUT2D eigenvalue weighted by atomic mass is 79.9. The summed E-state index contributed by atoms with van der Waals surface area (Å²) in [6, 6.07) is 1.68. The molecule has 1 N–H and O–H groups in total. The topological polar surface area (TPSA) is 58.6 Å². The number of sulfonamides is 1. The van der Waals surface area contributed by atoms with Gasteiger partial charge in [0.2, 0.25) is 10.0 Å². The van der Waals surface area contributed by atoms with E-state index < -0.39 is 10.0 Å². The summed E-state index contributed by atoms with van der Waals surface area (Å²) in [6.45, 7) is 3.73. The molecule has 1 aliphatic rings. The fraction of sp³-hybridized carbons (Fsp3) is 0.636. The van der Waals surface area contributed by atoms with Crippen LogP contribution in [0.2, 0.25) is 0 Å². The van der Waals surface area contributed by atoms with Crippen molar-refractivity contribution in [2.75, 3.05) is 33.3 Å². The molecule has 1 saturated heterocycles. The first-order chi connectivity index (χ1) is 8.95. The normalized spacial score (nSPS) is 21.7. The first-order valence-electron chi connectivity index (χ1n) is 5.97. The van der Waals surface area contributed by atoms with E-state index in [0.717, 1.165) is 8.66 Å². The second-order valence-corrected chi connectivity index (χ2v) is 8.93. The number of ether oxygens (including phenoxy) is 1. The van der Waals surface area contributed by atoms with Gasteiger partial charge < -0.3 is 10.1 Å². The number of hydrogen-bond acceptors (Lipinski definition) is 5. The largest absolute Gasteiger partial charge is 0.374 e. The molecule has 1 aromatic heterocycles. The van der Waals surface area contributed by atoms with E-state index in [2.05, 4.69) is 21.2 Å². The van der Waals surface area contributed by atoms with Crippen LogP contribution >= 0.6 is 27.3 Å². The summed E-state index contributed by atoms with van der Waals surface area (Å²) in [5, 5.41) is 3.01. The summed E-state index contributed by atoms with van der Waals surface area (Å²) in [4.78, 5) is 1.21. The molecular formula is C11H17BrN2O3S2. The van der Waals surface area contributed by atoms with Gasteiger partial charge in [-0.3, -0.25) is 0 Å². The van der Waals surface area contributed by atoms with Crippen LogP contribution in [0, 0.1) is 6.92 Å². The molecule has 2 rings (SSSR count). The van der Waals surface area contributed by atoms with Crippen LogP contribution in [-0.2, 0) is 14.8 Å². The minimum atomic E-state index is -3.42. The molecule has 0 saturated carbocycles. The van der Waals surface area contributed by atoms with Crippen molar-refractivity contribution in [3.05, 3.63) is 14.7 Å². The van der Waals surface area contributed by atoms with Gasteiger partial charge in [0, 0.05) is 24.5 Å². The van der Waals surface area contributed by atoms with Crippen LogP contribution < -0.4 is 5.32 Å². The lowest BCUT2D eigenvalue weighted by Gasteiger charge is -2.32. The van der Waals surface area contributed by atoms with Gasteiger partial charge in [-0.25, -0.2) is 8.42 Å². The van der Waals surface area contributed by atoms with Crippen molar-refractivity contribution >= 4 is 37.3 Å². The van der Waals surface area contributed by atoms with E-state index in [1.807, 2.05) is 14.0 Å². The maximum absolute atomic E-state index is 12.6. The highest BCUT2D eigenvalue weighted by molar-refractivity contribution is 9.11. The van der Waals surface area contributed by atoms with Gasteiger partial charge in [0.25, 0.3) is 0 Å². The molecule has 108 valence electrons. The van der Waals surface area contributed by atoms with Gasteiger partial charge in [-0.15, -0.1) is 11.3 Å². The quantitative estimate of drug-likeness (QED) is 0.873. The van der Waals surface area contributed by atoms with Crippen molar-refractivity contribution in [3.8, 4) is 0 Å². The number of nitrogens with one attached hydrogen (secondary N) is 1. The lowest BCUT2D eigenvalue weighted by molar-refractivity contribution is 0.000821. The van der Waals surface area contributed by atoms with Gasteiger partial charge in [0.05, 0.1) is 21.4 Å². The zero-order valence-electron chi connectivity index (χ0n) is 10.8. The second kappa shape index (κ2) is 6.19. The van der Waals surface area contributed by atoms with Crippen LogP contribution in [0.4, 0.5) is 0 Å². The lowest BCUT2D eigenvalue weighted by Crippen LogP contribution is -2.48. The number of thiophene rings is 1. The predicted molar refractivity (Wildman–Crippen MR) is 79.2 cm³/mol. The zero-order valence-corrected chi connectivity index (χ0v) is 14.1. The van der Waals surface area contributed by atoms with Crippen LogP contribution in [0.15, 0.2) is 14.7 Å². The molecule has 0 spiro atoms. The third-order valence-corrected chi connectivity index (χ3v) is 6.67. The number of rotatable bonds is 4. The van der Waals surface area contributed by atoms with E-state index in [4.69, 9.17) is 4.74 Å². The standard InChI is InChI=1S/C11H17BrN2O3S2/c1-8-10(5-11(12)18-8)19(15,16)14-3-4-17-9(7-14)6-13-2/h5,9,13H,3-4,6-7H2,1-2H3.